The summed E-state index contributed by atoms with van der Waals surface area (Å²) in [5.41, 5.74) is 1.52. The summed E-state index contributed by atoms with van der Waals surface area (Å²) >= 11 is 0. The minimum absolute atomic E-state index is 0.0759. The van der Waals surface area contributed by atoms with Crippen molar-refractivity contribution in [3.63, 3.8) is 0 Å². The normalized spacial score (nSPS) is 12.5. The second-order valence-electron chi connectivity index (χ2n) is 8.40. The fourth-order valence-corrected chi connectivity index (χ4v) is 5.12. The van der Waals surface area contributed by atoms with Crippen LogP contribution in [0.4, 0.5) is 4.39 Å². The van der Waals surface area contributed by atoms with E-state index in [1.807, 2.05) is 0 Å². The van der Waals surface area contributed by atoms with Gasteiger partial charge >= 0.3 is 5.69 Å². The zero-order valence-electron chi connectivity index (χ0n) is 21.0. The number of aromatic nitrogens is 4. The van der Waals surface area contributed by atoms with Crippen LogP contribution in [-0.2, 0) is 9.84 Å². The number of aryl methyl sites for hydroxylation is 1. The van der Waals surface area contributed by atoms with Gasteiger partial charge in [0.2, 0.25) is 0 Å². The van der Waals surface area contributed by atoms with Crippen molar-refractivity contribution >= 4 is 21.0 Å². The first kappa shape index (κ1) is 26.1. The molecule has 4 rings (SSSR count). The Morgan fingerprint density at radius 3 is 2.49 bits per heavy atom. The van der Waals surface area contributed by atoms with Crippen molar-refractivity contribution in [1.29, 1.82) is 0 Å². The number of sulfone groups is 1. The predicted molar refractivity (Wildman–Crippen MR) is 137 cm³/mol. The number of hydrogen-bond donors (Lipinski definition) is 1. The van der Waals surface area contributed by atoms with Gasteiger partial charge in [0.25, 0.3) is 5.88 Å². The van der Waals surface area contributed by atoms with E-state index >= 15 is 0 Å². The van der Waals surface area contributed by atoms with Crippen LogP contribution in [-0.4, -0.2) is 60.8 Å². The molecule has 1 aromatic carbocycles. The van der Waals surface area contributed by atoms with Crippen molar-refractivity contribution < 1.29 is 27.0 Å². The lowest BCUT2D eigenvalue weighted by atomic mass is 10.0. The highest BCUT2D eigenvalue weighted by molar-refractivity contribution is 7.90. The van der Waals surface area contributed by atoms with E-state index in [4.69, 9.17) is 14.2 Å². The Kier molecular flexibility index (Phi) is 7.21. The van der Waals surface area contributed by atoms with Crippen LogP contribution < -0.4 is 19.9 Å². The summed E-state index contributed by atoms with van der Waals surface area (Å²) in [6, 6.07) is 6.91. The van der Waals surface area contributed by atoms with Crippen molar-refractivity contribution in [2.45, 2.75) is 19.9 Å². The minimum atomic E-state index is -3.58. The van der Waals surface area contributed by atoms with Crippen molar-refractivity contribution in [1.82, 2.24) is 19.5 Å². The monoisotopic (exact) mass is 530 g/mol. The van der Waals surface area contributed by atoms with Gasteiger partial charge in [0.05, 0.1) is 43.8 Å². The second kappa shape index (κ2) is 10.2. The molecule has 37 heavy (non-hydrogen) atoms. The maximum atomic E-state index is 15.0. The van der Waals surface area contributed by atoms with Crippen LogP contribution in [0.5, 0.6) is 17.4 Å². The number of ether oxygens (including phenoxy) is 3. The summed E-state index contributed by atoms with van der Waals surface area (Å²) in [4.78, 5) is 24.9. The molecule has 3 aromatic heterocycles. The van der Waals surface area contributed by atoms with Crippen LogP contribution in [0.15, 0.2) is 41.3 Å². The summed E-state index contributed by atoms with van der Waals surface area (Å²) in [6.07, 6.45) is 2.53. The third kappa shape index (κ3) is 5.01. The number of aromatic amines is 1. The molecule has 196 valence electrons. The molecule has 1 unspecified atom stereocenters. The standard InChI is InChI=1S/C25H27FN4O6S/c1-6-36-24-20(35-4)11-10-17(28-24)18(13-37(5,32)33)30-23-22(29-25(30)31)14(2)16(12-27-23)15-8-7-9-19(34-3)21(15)26/h7-12,18H,6,13H2,1-5H3,(H,29,31). The van der Waals surface area contributed by atoms with Crippen molar-refractivity contribution in [3.8, 4) is 28.5 Å². The second-order valence-corrected chi connectivity index (χ2v) is 10.6. The van der Waals surface area contributed by atoms with E-state index in [0.29, 0.717) is 29.0 Å². The Balaban J connectivity index is 1.93. The molecular formula is C25H27FN4O6S. The molecule has 4 aromatic rings. The molecular weight excluding hydrogens is 503 g/mol. The van der Waals surface area contributed by atoms with Crippen LogP contribution in [0, 0.1) is 12.7 Å². The number of benzene rings is 1. The molecule has 0 radical (unpaired) electrons. The third-order valence-electron chi connectivity index (χ3n) is 5.93. The Morgan fingerprint density at radius 1 is 1.11 bits per heavy atom. The first-order chi connectivity index (χ1) is 17.6. The van der Waals surface area contributed by atoms with Gasteiger partial charge in [-0.2, -0.15) is 0 Å². The van der Waals surface area contributed by atoms with Crippen LogP contribution in [0.2, 0.25) is 0 Å². The van der Waals surface area contributed by atoms with Gasteiger partial charge in [-0.25, -0.2) is 27.6 Å². The van der Waals surface area contributed by atoms with E-state index in [1.165, 1.54) is 31.0 Å². The van der Waals surface area contributed by atoms with Crippen molar-refractivity contribution in [2.75, 3.05) is 32.8 Å². The molecule has 1 atom stereocenters. The molecule has 0 aliphatic heterocycles. The van der Waals surface area contributed by atoms with Gasteiger partial charge in [-0.3, -0.25) is 4.57 Å². The molecule has 3 heterocycles. The van der Waals surface area contributed by atoms with Crippen LogP contribution >= 0.6 is 0 Å². The lowest BCUT2D eigenvalue weighted by Crippen LogP contribution is -2.29. The number of nitrogens with one attached hydrogen (secondary N) is 1. The molecule has 0 aliphatic carbocycles. The van der Waals surface area contributed by atoms with Crippen LogP contribution in [0.1, 0.15) is 24.2 Å². The topological polar surface area (TPSA) is 125 Å². The van der Waals surface area contributed by atoms with Gasteiger partial charge in [0, 0.05) is 23.6 Å². The third-order valence-corrected chi connectivity index (χ3v) is 6.85. The van der Waals surface area contributed by atoms with E-state index in [-0.39, 0.29) is 28.5 Å². The number of H-pyrrole nitrogens is 1. The molecule has 0 bridgehead atoms. The molecule has 12 heteroatoms. The molecule has 0 amide bonds. The summed E-state index contributed by atoms with van der Waals surface area (Å²) in [5.74, 6) is -0.357. The molecule has 10 nitrogen and oxygen atoms in total. The number of halogens is 1. The zero-order chi connectivity index (χ0) is 26.9. The maximum Gasteiger partial charge on any atom is 0.328 e. The lowest BCUT2D eigenvalue weighted by molar-refractivity contribution is 0.296. The van der Waals surface area contributed by atoms with Gasteiger partial charge in [-0.05, 0) is 37.6 Å². The Hall–Kier alpha value is -3.93. The van der Waals surface area contributed by atoms with E-state index in [2.05, 4.69) is 15.0 Å². The van der Waals surface area contributed by atoms with E-state index in [9.17, 15) is 17.6 Å². The minimum Gasteiger partial charge on any atom is -0.494 e. The summed E-state index contributed by atoms with van der Waals surface area (Å²) < 4.78 is 57.0. The summed E-state index contributed by atoms with van der Waals surface area (Å²) in [5, 5.41) is 0. The van der Waals surface area contributed by atoms with Crippen molar-refractivity contribution in [3.05, 3.63) is 64.1 Å². The van der Waals surface area contributed by atoms with E-state index in [0.717, 1.165) is 6.26 Å². The Morgan fingerprint density at radius 2 is 1.84 bits per heavy atom. The Bertz CT molecular complexity index is 1630. The molecule has 0 saturated carbocycles. The van der Waals surface area contributed by atoms with Crippen molar-refractivity contribution in [2.24, 2.45) is 0 Å². The molecule has 0 fully saturated rings. The average Bonchev–Trinajstić information content (AvgIpc) is 3.19. The van der Waals surface area contributed by atoms with E-state index < -0.39 is 33.1 Å². The fraction of sp³-hybridized carbons (Fsp3) is 0.320. The summed E-state index contributed by atoms with van der Waals surface area (Å²) in [7, 11) is -0.735. The number of imidazole rings is 1. The highest BCUT2D eigenvalue weighted by Crippen LogP contribution is 2.34. The number of methoxy groups -OCH3 is 2. The average molecular weight is 531 g/mol. The largest absolute Gasteiger partial charge is 0.494 e. The molecule has 0 spiro atoms. The highest BCUT2D eigenvalue weighted by atomic mass is 32.2. The smallest absolute Gasteiger partial charge is 0.328 e. The van der Waals surface area contributed by atoms with E-state index in [1.54, 1.807) is 38.1 Å². The molecule has 1 N–H and O–H groups in total. The van der Waals surface area contributed by atoms with Crippen LogP contribution in [0.3, 0.4) is 0 Å². The van der Waals surface area contributed by atoms with Crippen LogP contribution in [0.25, 0.3) is 22.3 Å². The SMILES string of the molecule is CCOc1nc(C(CS(C)(=O)=O)n2c(=O)[nH]c3c(C)c(-c4cccc(OC)c4F)cnc32)ccc1OC. The lowest BCUT2D eigenvalue weighted by Gasteiger charge is -2.19. The molecule has 0 saturated heterocycles. The van der Waals surface area contributed by atoms with Gasteiger partial charge in [-0.1, -0.05) is 12.1 Å². The number of hydrogen-bond acceptors (Lipinski definition) is 8. The number of nitrogens with zero attached hydrogens (tertiary/aromatic N) is 3. The maximum absolute atomic E-state index is 15.0. The van der Waals surface area contributed by atoms with Gasteiger partial charge < -0.3 is 19.2 Å². The number of pyridine rings is 2. The van der Waals surface area contributed by atoms with Gasteiger partial charge in [0.15, 0.2) is 23.0 Å². The van der Waals surface area contributed by atoms with Gasteiger partial charge in [0.1, 0.15) is 9.84 Å². The fourth-order valence-electron chi connectivity index (χ4n) is 4.22. The zero-order valence-corrected chi connectivity index (χ0v) is 21.8. The number of rotatable bonds is 9. The Labute approximate surface area is 213 Å². The first-order valence-electron chi connectivity index (χ1n) is 11.4. The number of fused-ring (bicyclic) bond motifs is 1. The highest BCUT2D eigenvalue weighted by Gasteiger charge is 2.28. The molecule has 0 aliphatic rings. The quantitative estimate of drug-likeness (QED) is 0.350. The first-order valence-corrected chi connectivity index (χ1v) is 13.4. The van der Waals surface area contributed by atoms with Gasteiger partial charge in [-0.15, -0.1) is 0 Å². The predicted octanol–water partition coefficient (Wildman–Crippen LogP) is 3.28. The summed E-state index contributed by atoms with van der Waals surface area (Å²) in [6.45, 7) is 3.81.